The number of carbonyl (C=O) groups excluding carboxylic acids is 1. The first-order valence-corrected chi connectivity index (χ1v) is 4.58. The van der Waals surface area contributed by atoms with Crippen LogP contribution < -0.4 is 5.73 Å². The highest BCUT2D eigenvalue weighted by Crippen LogP contribution is 2.19. The van der Waals surface area contributed by atoms with Gasteiger partial charge in [-0.05, 0) is 12.5 Å². The predicted molar refractivity (Wildman–Crippen MR) is 55.5 cm³/mol. The van der Waals surface area contributed by atoms with Gasteiger partial charge in [0.2, 0.25) is 0 Å². The zero-order chi connectivity index (χ0) is 11.4. The number of Topliss-reactive ketones (excluding diaryl/α,β-unsaturated/α-hetero) is 1. The van der Waals surface area contributed by atoms with Crippen molar-refractivity contribution >= 4 is 11.8 Å². The maximum atomic E-state index is 11.3. The lowest BCUT2D eigenvalue weighted by Crippen LogP contribution is -2.39. The molecule has 2 atom stereocenters. The van der Waals surface area contributed by atoms with Gasteiger partial charge in [0.15, 0.2) is 0 Å². The number of carboxylic acid groups (broad SMARTS) is 1. The second-order valence-electron chi connectivity index (χ2n) is 3.36. The minimum absolute atomic E-state index is 0.240. The first-order valence-electron chi connectivity index (χ1n) is 4.58. The summed E-state index contributed by atoms with van der Waals surface area (Å²) in [6.07, 6.45) is 0. The lowest BCUT2D eigenvalue weighted by molar-refractivity contribution is -0.140. The van der Waals surface area contributed by atoms with Gasteiger partial charge in [-0.3, -0.25) is 9.59 Å². The summed E-state index contributed by atoms with van der Waals surface area (Å²) in [5, 5.41) is 8.79. The largest absolute Gasteiger partial charge is 0.480 e. The fraction of sp³-hybridized carbons (Fsp3) is 0.273. The summed E-state index contributed by atoms with van der Waals surface area (Å²) in [7, 11) is 0. The van der Waals surface area contributed by atoms with E-state index in [1.54, 1.807) is 30.3 Å². The lowest BCUT2D eigenvalue weighted by Gasteiger charge is -2.18. The van der Waals surface area contributed by atoms with E-state index in [2.05, 4.69) is 0 Å². The van der Waals surface area contributed by atoms with E-state index in [0.717, 1.165) is 0 Å². The van der Waals surface area contributed by atoms with Gasteiger partial charge < -0.3 is 10.8 Å². The van der Waals surface area contributed by atoms with Crippen LogP contribution in [0.25, 0.3) is 0 Å². The Morgan fingerprint density at radius 3 is 2.20 bits per heavy atom. The van der Waals surface area contributed by atoms with Gasteiger partial charge in [0.1, 0.15) is 11.8 Å². The van der Waals surface area contributed by atoms with E-state index in [4.69, 9.17) is 10.8 Å². The molecule has 0 aliphatic rings. The molecule has 1 aromatic rings. The zero-order valence-corrected chi connectivity index (χ0v) is 8.38. The molecule has 0 bridgehead atoms. The molecule has 0 saturated heterocycles. The first-order chi connectivity index (χ1) is 7.04. The fourth-order valence-electron chi connectivity index (χ4n) is 1.50. The molecule has 0 radical (unpaired) electrons. The second-order valence-corrected chi connectivity index (χ2v) is 3.36. The number of benzene rings is 1. The van der Waals surface area contributed by atoms with Gasteiger partial charge in [-0.2, -0.15) is 0 Å². The number of nitrogens with two attached hydrogens (primary N) is 1. The van der Waals surface area contributed by atoms with Gasteiger partial charge in [-0.15, -0.1) is 0 Å². The number of ketones is 1. The Bertz CT molecular complexity index is 361. The van der Waals surface area contributed by atoms with E-state index in [9.17, 15) is 9.59 Å². The maximum absolute atomic E-state index is 11.3. The molecule has 1 rings (SSSR count). The Balaban J connectivity index is 3.04. The summed E-state index contributed by atoms with van der Waals surface area (Å²) in [6, 6.07) is 7.51. The van der Waals surface area contributed by atoms with E-state index in [-0.39, 0.29) is 5.78 Å². The van der Waals surface area contributed by atoms with Crippen molar-refractivity contribution in [2.45, 2.75) is 18.9 Å². The molecule has 1 aromatic carbocycles. The van der Waals surface area contributed by atoms with Crippen LogP contribution in [-0.2, 0) is 9.59 Å². The highest BCUT2D eigenvalue weighted by molar-refractivity contribution is 5.90. The van der Waals surface area contributed by atoms with Crippen LogP contribution in [0.4, 0.5) is 0 Å². The standard InChI is InChI=1S/C11H13NO3/c1-7(13)9(10(12)11(14)15)8-5-3-2-4-6-8/h2-6,9-10H,12H2,1H3,(H,14,15). The predicted octanol–water partition coefficient (Wildman–Crippen LogP) is 0.771. The van der Waals surface area contributed by atoms with Gasteiger partial charge in [0.25, 0.3) is 0 Å². The number of carbonyl (C=O) groups is 2. The number of hydrogen-bond acceptors (Lipinski definition) is 3. The minimum atomic E-state index is -1.19. The summed E-state index contributed by atoms with van der Waals surface area (Å²) >= 11 is 0. The summed E-state index contributed by atoms with van der Waals surface area (Å²) in [6.45, 7) is 1.35. The average molecular weight is 207 g/mol. The molecule has 3 N–H and O–H groups in total. The number of aliphatic carboxylic acids is 1. The third-order valence-electron chi connectivity index (χ3n) is 2.24. The maximum Gasteiger partial charge on any atom is 0.321 e. The topological polar surface area (TPSA) is 80.4 Å². The monoisotopic (exact) mass is 207 g/mol. The summed E-state index contributed by atoms with van der Waals surface area (Å²) in [4.78, 5) is 22.1. The Kier molecular flexibility index (Phi) is 3.57. The van der Waals surface area contributed by atoms with Crippen LogP contribution in [0.1, 0.15) is 18.4 Å². The smallest absolute Gasteiger partial charge is 0.321 e. The van der Waals surface area contributed by atoms with E-state index in [1.165, 1.54) is 6.92 Å². The van der Waals surface area contributed by atoms with Crippen molar-refractivity contribution in [3.63, 3.8) is 0 Å². The number of carboxylic acids is 1. The summed E-state index contributed by atoms with van der Waals surface area (Å²) in [5.74, 6) is -2.18. The third-order valence-corrected chi connectivity index (χ3v) is 2.24. The van der Waals surface area contributed by atoms with Crippen molar-refractivity contribution in [3.8, 4) is 0 Å². The second kappa shape index (κ2) is 4.70. The molecule has 0 heterocycles. The molecule has 15 heavy (non-hydrogen) atoms. The summed E-state index contributed by atoms with van der Waals surface area (Å²) in [5.41, 5.74) is 6.11. The first kappa shape index (κ1) is 11.4. The Morgan fingerprint density at radius 1 is 1.27 bits per heavy atom. The van der Waals surface area contributed by atoms with E-state index < -0.39 is 17.9 Å². The molecule has 0 aliphatic carbocycles. The molecule has 0 aromatic heterocycles. The molecule has 4 nitrogen and oxygen atoms in total. The van der Waals surface area contributed by atoms with E-state index in [1.807, 2.05) is 0 Å². The molecule has 0 saturated carbocycles. The highest BCUT2D eigenvalue weighted by Gasteiger charge is 2.29. The van der Waals surface area contributed by atoms with Crippen molar-refractivity contribution in [1.82, 2.24) is 0 Å². The lowest BCUT2D eigenvalue weighted by atomic mass is 9.89. The Labute approximate surface area is 87.7 Å². The molecule has 80 valence electrons. The van der Waals surface area contributed by atoms with Crippen molar-refractivity contribution < 1.29 is 14.7 Å². The van der Waals surface area contributed by atoms with Crippen LogP contribution in [0, 0.1) is 0 Å². The number of rotatable bonds is 4. The summed E-state index contributed by atoms with van der Waals surface area (Å²) < 4.78 is 0. The molecule has 0 spiro atoms. The molecule has 0 amide bonds. The normalized spacial score (nSPS) is 14.3. The zero-order valence-electron chi connectivity index (χ0n) is 8.38. The van der Waals surface area contributed by atoms with Crippen molar-refractivity contribution in [3.05, 3.63) is 35.9 Å². The number of hydrogen-bond donors (Lipinski definition) is 2. The molecule has 0 fully saturated rings. The molecule has 4 heteroatoms. The van der Waals surface area contributed by atoms with Crippen LogP contribution >= 0.6 is 0 Å². The minimum Gasteiger partial charge on any atom is -0.480 e. The van der Waals surface area contributed by atoms with Crippen molar-refractivity contribution in [2.75, 3.05) is 0 Å². The van der Waals surface area contributed by atoms with Crippen LogP contribution in [0.15, 0.2) is 30.3 Å². The van der Waals surface area contributed by atoms with Crippen molar-refractivity contribution in [1.29, 1.82) is 0 Å². The molecule has 0 aliphatic heterocycles. The van der Waals surface area contributed by atoms with Crippen LogP contribution in [0.5, 0.6) is 0 Å². The molecular weight excluding hydrogens is 194 g/mol. The van der Waals surface area contributed by atoms with Crippen LogP contribution in [0.2, 0.25) is 0 Å². The quantitative estimate of drug-likeness (QED) is 0.764. The highest BCUT2D eigenvalue weighted by atomic mass is 16.4. The molecular formula is C11H13NO3. The average Bonchev–Trinajstić information content (AvgIpc) is 2.18. The van der Waals surface area contributed by atoms with Crippen LogP contribution in [0.3, 0.4) is 0 Å². The molecule has 2 unspecified atom stereocenters. The van der Waals surface area contributed by atoms with Gasteiger partial charge >= 0.3 is 5.97 Å². The fourth-order valence-corrected chi connectivity index (χ4v) is 1.50. The Morgan fingerprint density at radius 2 is 1.80 bits per heavy atom. The van der Waals surface area contributed by atoms with E-state index in [0.29, 0.717) is 5.56 Å². The van der Waals surface area contributed by atoms with Crippen LogP contribution in [-0.4, -0.2) is 22.9 Å². The Hall–Kier alpha value is -1.68. The SMILES string of the molecule is CC(=O)C(c1ccccc1)C(N)C(=O)O. The third kappa shape index (κ3) is 2.63. The van der Waals surface area contributed by atoms with Gasteiger partial charge in [-0.25, -0.2) is 0 Å². The van der Waals surface area contributed by atoms with Gasteiger partial charge in [0.05, 0.1) is 5.92 Å². The van der Waals surface area contributed by atoms with Gasteiger partial charge in [-0.1, -0.05) is 30.3 Å². The van der Waals surface area contributed by atoms with E-state index >= 15 is 0 Å². The van der Waals surface area contributed by atoms with Gasteiger partial charge in [0, 0.05) is 0 Å². The van der Waals surface area contributed by atoms with Crippen molar-refractivity contribution in [2.24, 2.45) is 5.73 Å².